The average Bonchev–Trinajstić information content (AvgIpc) is 3.05. The predicted molar refractivity (Wildman–Crippen MR) is 113 cm³/mol. The summed E-state index contributed by atoms with van der Waals surface area (Å²) in [4.78, 5) is 24.7. The lowest BCUT2D eigenvalue weighted by Crippen LogP contribution is -2.43. The van der Waals surface area contributed by atoms with Gasteiger partial charge in [0.1, 0.15) is 5.75 Å². The van der Waals surface area contributed by atoms with Gasteiger partial charge in [0.15, 0.2) is 16.4 Å². The lowest BCUT2D eigenvalue weighted by molar-refractivity contribution is -0.384. The Hall–Kier alpha value is -2.36. The van der Waals surface area contributed by atoms with Crippen LogP contribution in [0.4, 0.5) is 5.69 Å². The molecule has 1 aliphatic heterocycles. The lowest BCUT2D eigenvalue weighted by Gasteiger charge is -2.28. The first-order valence-electron chi connectivity index (χ1n) is 8.96. The van der Waals surface area contributed by atoms with Gasteiger partial charge in [-0.2, -0.15) is 0 Å². The molecule has 1 fully saturated rings. The van der Waals surface area contributed by atoms with Crippen molar-refractivity contribution >= 4 is 44.6 Å². The minimum absolute atomic E-state index is 0.00152. The van der Waals surface area contributed by atoms with Gasteiger partial charge in [-0.3, -0.25) is 14.9 Å². The van der Waals surface area contributed by atoms with Crippen LogP contribution in [-0.2, 0) is 21.2 Å². The Bertz CT molecular complexity index is 1080. The lowest BCUT2D eigenvalue weighted by atomic mass is 10.1. The van der Waals surface area contributed by atoms with E-state index in [4.69, 9.17) is 27.9 Å². The average molecular weight is 473 g/mol. The van der Waals surface area contributed by atoms with Gasteiger partial charge < -0.3 is 9.64 Å². The molecule has 0 bridgehead atoms. The number of nitrogens with zero attached hydrogens (tertiary/aromatic N) is 2. The van der Waals surface area contributed by atoms with Gasteiger partial charge in [-0.05, 0) is 30.2 Å². The van der Waals surface area contributed by atoms with Gasteiger partial charge in [-0.1, -0.05) is 35.3 Å². The summed E-state index contributed by atoms with van der Waals surface area (Å²) < 4.78 is 29.3. The standard InChI is InChI=1S/C19H18Cl2N2O6S/c20-14-5-4-13(18(21)8-14)10-22(16-6-7-30(27,28)12-16)19(24)11-29-17-3-1-2-15(9-17)23(25)26/h1-5,8-9,16H,6-7,10-12H2. The van der Waals surface area contributed by atoms with Crippen LogP contribution in [0, 0.1) is 10.1 Å². The molecule has 0 saturated carbocycles. The maximum Gasteiger partial charge on any atom is 0.273 e. The van der Waals surface area contributed by atoms with E-state index in [0.29, 0.717) is 22.0 Å². The molecule has 30 heavy (non-hydrogen) atoms. The number of carbonyl (C=O) groups is 1. The fraction of sp³-hybridized carbons (Fsp3) is 0.316. The van der Waals surface area contributed by atoms with E-state index >= 15 is 0 Å². The summed E-state index contributed by atoms with van der Waals surface area (Å²) >= 11 is 12.1. The van der Waals surface area contributed by atoms with E-state index in [2.05, 4.69) is 0 Å². The van der Waals surface area contributed by atoms with E-state index in [1.54, 1.807) is 18.2 Å². The zero-order valence-electron chi connectivity index (χ0n) is 15.7. The third kappa shape index (κ3) is 5.62. The number of hydrogen-bond donors (Lipinski definition) is 0. The molecule has 3 rings (SSSR count). The molecule has 1 atom stereocenters. The van der Waals surface area contributed by atoms with E-state index in [-0.39, 0.29) is 29.5 Å². The number of benzene rings is 2. The normalized spacial score (nSPS) is 17.5. The highest BCUT2D eigenvalue weighted by atomic mass is 35.5. The van der Waals surface area contributed by atoms with Crippen LogP contribution in [0.1, 0.15) is 12.0 Å². The Kier molecular flexibility index (Phi) is 6.84. The van der Waals surface area contributed by atoms with E-state index < -0.39 is 33.3 Å². The highest BCUT2D eigenvalue weighted by Gasteiger charge is 2.35. The third-order valence-corrected chi connectivity index (χ3v) is 7.05. The summed E-state index contributed by atoms with van der Waals surface area (Å²) in [5.74, 6) is -0.418. The predicted octanol–water partition coefficient (Wildman–Crippen LogP) is 3.50. The molecule has 1 heterocycles. The van der Waals surface area contributed by atoms with Crippen LogP contribution in [0.3, 0.4) is 0 Å². The first-order chi connectivity index (χ1) is 14.1. The van der Waals surface area contributed by atoms with Crippen LogP contribution in [0.5, 0.6) is 5.75 Å². The maximum atomic E-state index is 12.9. The number of amides is 1. The number of nitro groups is 1. The van der Waals surface area contributed by atoms with Crippen LogP contribution < -0.4 is 4.74 Å². The first-order valence-corrected chi connectivity index (χ1v) is 11.5. The SMILES string of the molecule is O=C(COc1cccc([N+](=O)[O-])c1)N(Cc1ccc(Cl)cc1Cl)C1CCS(=O)(=O)C1. The maximum absolute atomic E-state index is 12.9. The van der Waals surface area contributed by atoms with Crippen molar-refractivity contribution in [2.45, 2.75) is 19.0 Å². The summed E-state index contributed by atoms with van der Waals surface area (Å²) in [5.41, 5.74) is 0.459. The summed E-state index contributed by atoms with van der Waals surface area (Å²) in [6.07, 6.45) is 0.316. The molecular weight excluding hydrogens is 455 g/mol. The second-order valence-electron chi connectivity index (χ2n) is 6.86. The number of non-ortho nitro benzene ring substituents is 1. The molecule has 1 unspecified atom stereocenters. The number of ether oxygens (including phenoxy) is 1. The van der Waals surface area contributed by atoms with E-state index in [0.717, 1.165) is 0 Å². The second kappa shape index (κ2) is 9.20. The molecule has 1 aliphatic rings. The number of sulfone groups is 1. The van der Waals surface area contributed by atoms with Crippen molar-refractivity contribution in [3.8, 4) is 5.75 Å². The van der Waals surface area contributed by atoms with Crippen LogP contribution in [0.2, 0.25) is 10.0 Å². The summed E-state index contributed by atoms with van der Waals surface area (Å²) in [5, 5.41) is 11.7. The Morgan fingerprint density at radius 3 is 2.63 bits per heavy atom. The van der Waals surface area contributed by atoms with E-state index in [1.807, 2.05) is 0 Å². The Labute approximate surface area is 183 Å². The van der Waals surface area contributed by atoms with Crippen molar-refractivity contribution in [3.63, 3.8) is 0 Å². The molecule has 1 saturated heterocycles. The minimum atomic E-state index is -3.23. The molecule has 0 N–H and O–H groups in total. The van der Waals surface area contributed by atoms with Crippen molar-refractivity contribution in [1.29, 1.82) is 0 Å². The molecule has 0 aromatic heterocycles. The molecular formula is C19H18Cl2N2O6S. The fourth-order valence-electron chi connectivity index (χ4n) is 3.19. The fourth-order valence-corrected chi connectivity index (χ4v) is 5.39. The molecule has 160 valence electrons. The number of halogens is 2. The number of nitro benzene ring substituents is 1. The summed E-state index contributed by atoms with van der Waals surface area (Å²) in [6.45, 7) is -0.309. The van der Waals surface area contributed by atoms with Gasteiger partial charge in [0.2, 0.25) is 0 Å². The minimum Gasteiger partial charge on any atom is -0.484 e. The number of rotatable bonds is 7. The molecule has 2 aromatic carbocycles. The highest BCUT2D eigenvalue weighted by molar-refractivity contribution is 7.91. The smallest absolute Gasteiger partial charge is 0.273 e. The zero-order chi connectivity index (χ0) is 21.9. The first kappa shape index (κ1) is 22.3. The molecule has 0 radical (unpaired) electrons. The van der Waals surface area contributed by atoms with Crippen LogP contribution in [0.15, 0.2) is 42.5 Å². The van der Waals surface area contributed by atoms with Crippen LogP contribution in [0.25, 0.3) is 0 Å². The van der Waals surface area contributed by atoms with Gasteiger partial charge in [-0.25, -0.2) is 8.42 Å². The van der Waals surface area contributed by atoms with Gasteiger partial charge >= 0.3 is 0 Å². The molecule has 0 aliphatic carbocycles. The Balaban J connectivity index is 1.78. The number of hydrogen-bond acceptors (Lipinski definition) is 6. The molecule has 0 spiro atoms. The molecule has 8 nitrogen and oxygen atoms in total. The zero-order valence-corrected chi connectivity index (χ0v) is 18.0. The largest absolute Gasteiger partial charge is 0.484 e. The van der Waals surface area contributed by atoms with Crippen molar-refractivity contribution in [1.82, 2.24) is 4.90 Å². The van der Waals surface area contributed by atoms with Gasteiger partial charge in [0, 0.05) is 28.7 Å². The van der Waals surface area contributed by atoms with E-state index in [9.17, 15) is 23.3 Å². The van der Waals surface area contributed by atoms with Crippen LogP contribution in [-0.4, -0.2) is 48.3 Å². The van der Waals surface area contributed by atoms with Gasteiger partial charge in [-0.15, -0.1) is 0 Å². The van der Waals surface area contributed by atoms with Crippen molar-refractivity contribution in [3.05, 3.63) is 68.2 Å². The summed E-state index contributed by atoms with van der Waals surface area (Å²) in [6, 6.07) is 9.83. The highest BCUT2D eigenvalue weighted by Crippen LogP contribution is 2.26. The van der Waals surface area contributed by atoms with Crippen LogP contribution >= 0.6 is 23.2 Å². The van der Waals surface area contributed by atoms with Crippen molar-refractivity contribution in [2.75, 3.05) is 18.1 Å². The molecule has 11 heteroatoms. The quantitative estimate of drug-likeness (QED) is 0.450. The van der Waals surface area contributed by atoms with Crippen molar-refractivity contribution in [2.24, 2.45) is 0 Å². The van der Waals surface area contributed by atoms with E-state index in [1.165, 1.54) is 29.2 Å². The Morgan fingerprint density at radius 1 is 1.23 bits per heavy atom. The third-order valence-electron chi connectivity index (χ3n) is 4.72. The van der Waals surface area contributed by atoms with Gasteiger partial charge in [0.05, 0.1) is 22.5 Å². The Morgan fingerprint density at radius 2 is 2.00 bits per heavy atom. The molecule has 1 amide bonds. The monoisotopic (exact) mass is 472 g/mol. The van der Waals surface area contributed by atoms with Gasteiger partial charge in [0.25, 0.3) is 11.6 Å². The second-order valence-corrected chi connectivity index (χ2v) is 9.93. The topological polar surface area (TPSA) is 107 Å². The van der Waals surface area contributed by atoms with Crippen molar-refractivity contribution < 1.29 is 22.9 Å². The molecule has 2 aromatic rings. The summed E-state index contributed by atoms with van der Waals surface area (Å²) in [7, 11) is -3.23. The number of carbonyl (C=O) groups excluding carboxylic acids is 1.